The van der Waals surface area contributed by atoms with Crippen molar-refractivity contribution in [3.8, 4) is 22.3 Å². The third kappa shape index (κ3) is 4.71. The summed E-state index contributed by atoms with van der Waals surface area (Å²) in [4.78, 5) is 2.42. The molecule has 1 atom stereocenters. The van der Waals surface area contributed by atoms with Crippen LogP contribution in [0.1, 0.15) is 42.9 Å². The Kier molecular flexibility index (Phi) is 6.57. The van der Waals surface area contributed by atoms with Crippen molar-refractivity contribution in [3.05, 3.63) is 174 Å². The molecule has 0 heterocycles. The molecular formula is C44H37N. The van der Waals surface area contributed by atoms with Gasteiger partial charge in [-0.15, -0.1) is 0 Å². The molecular weight excluding hydrogens is 542 g/mol. The lowest BCUT2D eigenvalue weighted by molar-refractivity contribution is 0.612. The predicted octanol–water partition coefficient (Wildman–Crippen LogP) is 12.2. The Hall–Kier alpha value is -5.14. The Labute approximate surface area is 266 Å². The zero-order chi connectivity index (χ0) is 30.5. The summed E-state index contributed by atoms with van der Waals surface area (Å²) in [5, 5.41) is 2.50. The van der Waals surface area contributed by atoms with E-state index in [1.807, 2.05) is 0 Å². The zero-order valence-electron chi connectivity index (χ0n) is 26.2. The molecule has 1 unspecified atom stereocenters. The van der Waals surface area contributed by atoms with Gasteiger partial charge in [-0.05, 0) is 99.5 Å². The van der Waals surface area contributed by atoms with E-state index in [4.69, 9.17) is 0 Å². The monoisotopic (exact) mass is 579 g/mol. The van der Waals surface area contributed by atoms with Gasteiger partial charge in [-0.1, -0.05) is 135 Å². The summed E-state index contributed by atoms with van der Waals surface area (Å²) in [6, 6.07) is 49.2. The highest BCUT2D eigenvalue weighted by Crippen LogP contribution is 2.54. The van der Waals surface area contributed by atoms with Crippen LogP contribution in [0.25, 0.3) is 33.0 Å². The van der Waals surface area contributed by atoms with Crippen molar-refractivity contribution < 1.29 is 0 Å². The summed E-state index contributed by atoms with van der Waals surface area (Å²) in [5.74, 6) is 0.448. The fourth-order valence-corrected chi connectivity index (χ4v) is 7.58. The van der Waals surface area contributed by atoms with Gasteiger partial charge in [0.25, 0.3) is 0 Å². The number of hydrogen-bond acceptors (Lipinski definition) is 1. The van der Waals surface area contributed by atoms with E-state index in [2.05, 4.69) is 177 Å². The van der Waals surface area contributed by atoms with E-state index >= 15 is 0 Å². The van der Waals surface area contributed by atoms with Crippen molar-refractivity contribution in [2.24, 2.45) is 0 Å². The maximum atomic E-state index is 2.45. The molecule has 0 N–H and O–H groups in total. The Morgan fingerprint density at radius 2 is 1.22 bits per heavy atom. The summed E-state index contributed by atoms with van der Waals surface area (Å²) in [5.41, 5.74) is 14.3. The van der Waals surface area contributed by atoms with Crippen LogP contribution in [0.3, 0.4) is 0 Å². The fourth-order valence-electron chi connectivity index (χ4n) is 7.58. The number of nitrogens with zero attached hydrogens (tertiary/aromatic N) is 1. The van der Waals surface area contributed by atoms with Crippen LogP contribution in [0.2, 0.25) is 0 Å². The molecule has 8 rings (SSSR count). The van der Waals surface area contributed by atoms with Crippen molar-refractivity contribution in [3.63, 3.8) is 0 Å². The van der Waals surface area contributed by atoms with Crippen molar-refractivity contribution in [2.45, 2.75) is 38.5 Å². The maximum absolute atomic E-state index is 2.45. The smallest absolute Gasteiger partial charge is 0.0468 e. The molecule has 0 saturated heterocycles. The van der Waals surface area contributed by atoms with Gasteiger partial charge >= 0.3 is 0 Å². The largest absolute Gasteiger partial charge is 0.310 e. The normalized spacial score (nSPS) is 16.2. The van der Waals surface area contributed by atoms with E-state index in [0.717, 1.165) is 12.1 Å². The highest BCUT2D eigenvalue weighted by Gasteiger charge is 2.41. The molecule has 0 fully saturated rings. The molecule has 6 aromatic carbocycles. The van der Waals surface area contributed by atoms with E-state index in [1.54, 1.807) is 0 Å². The minimum atomic E-state index is 0.0491. The van der Waals surface area contributed by atoms with E-state index in [9.17, 15) is 0 Å². The second-order valence-electron chi connectivity index (χ2n) is 13.0. The van der Waals surface area contributed by atoms with Crippen LogP contribution in [0.15, 0.2) is 157 Å². The topological polar surface area (TPSA) is 3.24 Å². The minimum absolute atomic E-state index is 0.0491. The molecule has 1 heteroatoms. The Balaban J connectivity index is 1.19. The number of allylic oxidation sites excluding steroid dienone is 4. The van der Waals surface area contributed by atoms with Gasteiger partial charge in [0.05, 0.1) is 0 Å². The molecule has 0 aromatic heterocycles. The van der Waals surface area contributed by atoms with Gasteiger partial charge in [0.2, 0.25) is 0 Å². The van der Waals surface area contributed by atoms with E-state index in [0.29, 0.717) is 5.92 Å². The van der Waals surface area contributed by atoms with E-state index in [-0.39, 0.29) is 5.41 Å². The first-order chi connectivity index (χ1) is 22.0. The lowest BCUT2D eigenvalue weighted by Crippen LogP contribution is -2.17. The van der Waals surface area contributed by atoms with Crippen molar-refractivity contribution in [1.82, 2.24) is 0 Å². The van der Waals surface area contributed by atoms with Crippen LogP contribution in [-0.2, 0) is 5.41 Å². The van der Waals surface area contributed by atoms with Crippen LogP contribution in [0.5, 0.6) is 0 Å². The van der Waals surface area contributed by atoms with E-state index in [1.165, 1.54) is 66.7 Å². The average molecular weight is 580 g/mol. The van der Waals surface area contributed by atoms with Crippen molar-refractivity contribution >= 4 is 27.8 Å². The molecule has 0 radical (unpaired) electrons. The lowest BCUT2D eigenvalue weighted by Gasteiger charge is -2.27. The SMILES string of the molecule is Cc1ccccc1-c1ccc(-c2ccc(N(c3ccc4c(c3)C3CC=CC=C3C4(C)C)c3ccc4ccccc4c3)cc2)cc1. The summed E-state index contributed by atoms with van der Waals surface area (Å²) >= 11 is 0. The molecule has 0 bridgehead atoms. The first-order valence-corrected chi connectivity index (χ1v) is 16.0. The predicted molar refractivity (Wildman–Crippen MR) is 192 cm³/mol. The summed E-state index contributed by atoms with van der Waals surface area (Å²) < 4.78 is 0. The number of rotatable bonds is 5. The number of anilines is 3. The molecule has 218 valence electrons. The van der Waals surface area contributed by atoms with Crippen LogP contribution in [0.4, 0.5) is 17.1 Å². The van der Waals surface area contributed by atoms with Gasteiger partial charge in [0, 0.05) is 28.4 Å². The molecule has 6 aromatic rings. The first kappa shape index (κ1) is 27.4. The molecule has 45 heavy (non-hydrogen) atoms. The Bertz CT molecular complexity index is 2110. The lowest BCUT2D eigenvalue weighted by atomic mass is 9.79. The van der Waals surface area contributed by atoms with Gasteiger partial charge in [0.1, 0.15) is 0 Å². The molecule has 0 amide bonds. The van der Waals surface area contributed by atoms with Crippen LogP contribution < -0.4 is 4.90 Å². The second-order valence-corrected chi connectivity index (χ2v) is 13.0. The molecule has 0 aliphatic heterocycles. The maximum Gasteiger partial charge on any atom is 0.0468 e. The quantitative estimate of drug-likeness (QED) is 0.196. The average Bonchev–Trinajstić information content (AvgIpc) is 3.31. The molecule has 0 spiro atoms. The molecule has 1 nitrogen and oxygen atoms in total. The van der Waals surface area contributed by atoms with Gasteiger partial charge in [0.15, 0.2) is 0 Å². The van der Waals surface area contributed by atoms with E-state index < -0.39 is 0 Å². The van der Waals surface area contributed by atoms with Gasteiger partial charge in [-0.25, -0.2) is 0 Å². The molecule has 2 aliphatic rings. The Morgan fingerprint density at radius 1 is 0.600 bits per heavy atom. The number of hydrogen-bond donors (Lipinski definition) is 0. The van der Waals surface area contributed by atoms with Crippen LogP contribution in [0, 0.1) is 6.92 Å². The Morgan fingerprint density at radius 3 is 2.00 bits per heavy atom. The van der Waals surface area contributed by atoms with Crippen molar-refractivity contribution in [2.75, 3.05) is 4.90 Å². The highest BCUT2D eigenvalue weighted by molar-refractivity contribution is 5.89. The van der Waals surface area contributed by atoms with Gasteiger partial charge in [-0.3, -0.25) is 0 Å². The van der Waals surface area contributed by atoms with Crippen LogP contribution >= 0.6 is 0 Å². The van der Waals surface area contributed by atoms with Gasteiger partial charge < -0.3 is 4.90 Å². The summed E-state index contributed by atoms with van der Waals surface area (Å²) in [7, 11) is 0. The molecule has 0 saturated carbocycles. The minimum Gasteiger partial charge on any atom is -0.310 e. The number of benzene rings is 6. The van der Waals surface area contributed by atoms with Crippen molar-refractivity contribution in [1.29, 1.82) is 0 Å². The fraction of sp³-hybridized carbons (Fsp3) is 0.136. The zero-order valence-corrected chi connectivity index (χ0v) is 26.2. The third-order valence-electron chi connectivity index (χ3n) is 10.0. The highest BCUT2D eigenvalue weighted by atomic mass is 15.1. The number of fused-ring (bicyclic) bond motifs is 4. The summed E-state index contributed by atoms with van der Waals surface area (Å²) in [6.45, 7) is 6.93. The van der Waals surface area contributed by atoms with Gasteiger partial charge in [-0.2, -0.15) is 0 Å². The summed E-state index contributed by atoms with van der Waals surface area (Å²) in [6.07, 6.45) is 7.97. The molecule has 2 aliphatic carbocycles. The first-order valence-electron chi connectivity index (χ1n) is 16.0. The van der Waals surface area contributed by atoms with Crippen LogP contribution in [-0.4, -0.2) is 0 Å². The number of aryl methyl sites for hydroxylation is 1. The second kappa shape index (κ2) is 10.8. The standard InChI is InChI=1S/C44H37N/c1-30-10-4-7-13-39(30)34-18-16-32(17-19-34)33-20-23-36(24-21-33)45(37-25-22-31-11-5-6-12-35(31)28-37)38-26-27-43-41(29-38)40-14-8-9-15-42(40)44(43,2)3/h4-13,15-29,40H,14H2,1-3H3. The third-order valence-corrected chi connectivity index (χ3v) is 10.0.